The van der Waals surface area contributed by atoms with Crippen molar-refractivity contribution in [3.63, 3.8) is 0 Å². The van der Waals surface area contributed by atoms with Crippen molar-refractivity contribution in [2.75, 3.05) is 23.3 Å². The number of ether oxygens (including phenoxy) is 2. The topological polar surface area (TPSA) is 112 Å². The first kappa shape index (κ1) is 30.9. The maximum atomic E-state index is 13.8. The Kier molecular flexibility index (Phi) is 9.49. The number of likely N-dealkylation sites (tertiary alicyclic amines) is 1. The van der Waals surface area contributed by atoms with Crippen molar-refractivity contribution in [2.24, 2.45) is 0 Å². The molecule has 2 amide bonds. The number of amides is 2. The molecular weight excluding hydrogens is 568 g/mol. The minimum absolute atomic E-state index is 0.154. The van der Waals surface area contributed by atoms with Crippen LogP contribution in [-0.4, -0.2) is 45.8 Å². The molecule has 230 valence electrons. The number of fused-ring (bicyclic) bond motifs is 1. The van der Waals surface area contributed by atoms with E-state index in [2.05, 4.69) is 16.5 Å². The number of benzene rings is 2. The third-order valence-corrected chi connectivity index (χ3v) is 7.76. The van der Waals surface area contributed by atoms with Crippen LogP contribution in [-0.2, 0) is 9.47 Å². The first-order chi connectivity index (χ1) is 21.8. The highest BCUT2D eigenvalue weighted by Crippen LogP contribution is 2.35. The Morgan fingerprint density at radius 3 is 2.38 bits per heavy atom. The van der Waals surface area contributed by atoms with E-state index in [1.807, 2.05) is 61.5 Å². The minimum Gasteiger partial charge on any atom is -0.415 e. The van der Waals surface area contributed by atoms with E-state index in [1.165, 1.54) is 4.90 Å². The number of nitriles is 1. The third kappa shape index (κ3) is 6.83. The van der Waals surface area contributed by atoms with Gasteiger partial charge in [0.25, 0.3) is 0 Å². The molecule has 1 N–H and O–H groups in total. The number of pyridine rings is 1. The lowest BCUT2D eigenvalue weighted by Crippen LogP contribution is -2.45. The number of nitrogens with one attached hydrogen (secondary N) is 1. The van der Waals surface area contributed by atoms with Crippen molar-refractivity contribution in [1.82, 2.24) is 14.5 Å². The van der Waals surface area contributed by atoms with Crippen molar-refractivity contribution < 1.29 is 19.1 Å². The van der Waals surface area contributed by atoms with Gasteiger partial charge in [0.2, 0.25) is 0 Å². The van der Waals surface area contributed by atoms with E-state index in [0.29, 0.717) is 52.9 Å². The molecule has 0 spiro atoms. The van der Waals surface area contributed by atoms with Crippen LogP contribution in [0.1, 0.15) is 46.1 Å². The SMILES string of the molecule is C/C=C(/C)OC(=O)N1CCCC(Nc2cc(N(C(=O)O/C(C)=C/C)c3ccc(-c4ccccc4)cc3)n3nccc3c2C#N)C1. The maximum absolute atomic E-state index is 13.8. The Labute approximate surface area is 262 Å². The summed E-state index contributed by atoms with van der Waals surface area (Å²) >= 11 is 0. The van der Waals surface area contributed by atoms with Crippen molar-refractivity contribution in [1.29, 1.82) is 5.26 Å². The number of aromatic nitrogens is 2. The van der Waals surface area contributed by atoms with Gasteiger partial charge >= 0.3 is 12.2 Å². The number of carbonyl (C=O) groups excluding carboxylic acids is 2. The molecule has 1 saturated heterocycles. The average Bonchev–Trinajstić information content (AvgIpc) is 3.56. The Morgan fingerprint density at radius 1 is 1.00 bits per heavy atom. The molecule has 2 aromatic heterocycles. The lowest BCUT2D eigenvalue weighted by atomic mass is 10.0. The van der Waals surface area contributed by atoms with Crippen LogP contribution >= 0.6 is 0 Å². The molecule has 2 aromatic carbocycles. The van der Waals surface area contributed by atoms with Crippen LogP contribution in [0.3, 0.4) is 0 Å². The number of hydrogen-bond donors (Lipinski definition) is 1. The molecule has 5 rings (SSSR count). The molecule has 0 saturated carbocycles. The molecule has 45 heavy (non-hydrogen) atoms. The van der Waals surface area contributed by atoms with Gasteiger partial charge in [-0.05, 0) is 82.0 Å². The predicted molar refractivity (Wildman–Crippen MR) is 174 cm³/mol. The van der Waals surface area contributed by atoms with E-state index < -0.39 is 12.2 Å². The van der Waals surface area contributed by atoms with E-state index in [9.17, 15) is 14.9 Å². The Bertz CT molecular complexity index is 1790. The largest absolute Gasteiger partial charge is 0.425 e. The van der Waals surface area contributed by atoms with E-state index in [4.69, 9.17) is 9.47 Å². The molecule has 0 radical (unpaired) electrons. The highest BCUT2D eigenvalue weighted by molar-refractivity contribution is 5.97. The van der Waals surface area contributed by atoms with E-state index in [0.717, 1.165) is 24.0 Å². The van der Waals surface area contributed by atoms with Gasteiger partial charge in [-0.2, -0.15) is 10.4 Å². The number of rotatable bonds is 7. The van der Waals surface area contributed by atoms with Crippen LogP contribution in [0.4, 0.5) is 26.8 Å². The molecule has 3 heterocycles. The van der Waals surface area contributed by atoms with Gasteiger partial charge in [-0.15, -0.1) is 0 Å². The lowest BCUT2D eigenvalue weighted by molar-refractivity contribution is 0.117. The summed E-state index contributed by atoms with van der Waals surface area (Å²) in [7, 11) is 0. The first-order valence-corrected chi connectivity index (χ1v) is 14.9. The summed E-state index contributed by atoms with van der Waals surface area (Å²) in [4.78, 5) is 29.6. The second kappa shape index (κ2) is 13.8. The minimum atomic E-state index is -0.628. The van der Waals surface area contributed by atoms with Gasteiger partial charge in [0.1, 0.15) is 29.0 Å². The number of hydrogen-bond acceptors (Lipinski definition) is 7. The zero-order valence-corrected chi connectivity index (χ0v) is 25.9. The molecule has 1 aliphatic heterocycles. The predicted octanol–water partition coefficient (Wildman–Crippen LogP) is 8.01. The van der Waals surface area contributed by atoms with Crippen molar-refractivity contribution in [3.05, 3.63) is 102 Å². The number of allylic oxidation sites excluding steroid dienone is 4. The summed E-state index contributed by atoms with van der Waals surface area (Å²) in [6.45, 7) is 8.03. The summed E-state index contributed by atoms with van der Waals surface area (Å²) in [5.41, 5.74) is 4.02. The molecule has 0 bridgehead atoms. The van der Waals surface area contributed by atoms with Gasteiger partial charge in [-0.3, -0.25) is 0 Å². The fourth-order valence-corrected chi connectivity index (χ4v) is 5.22. The van der Waals surface area contributed by atoms with Crippen LogP contribution in [0, 0.1) is 11.3 Å². The van der Waals surface area contributed by atoms with Crippen LogP contribution in [0.25, 0.3) is 16.6 Å². The smallest absolute Gasteiger partial charge is 0.415 e. The number of anilines is 3. The van der Waals surface area contributed by atoms with Gasteiger partial charge in [0.05, 0.1) is 23.1 Å². The zero-order chi connectivity index (χ0) is 31.9. The normalized spacial score (nSPS) is 15.4. The van der Waals surface area contributed by atoms with Crippen molar-refractivity contribution in [3.8, 4) is 17.2 Å². The molecule has 0 aliphatic carbocycles. The standard InChI is InChI=1S/C35H36N6O4/c1-5-24(3)44-34(42)39-20-10-13-28(23-39)38-31-21-33(41-32(18-19-37-41)30(31)22-36)40(35(43)45-25(4)6-2)29-16-14-27(15-17-29)26-11-8-7-9-12-26/h5-9,11-12,14-19,21,28,38H,10,13,20,23H2,1-4H3/b24-5-,25-6+. The molecule has 1 atom stereocenters. The summed E-state index contributed by atoms with van der Waals surface area (Å²) in [5, 5.41) is 18.2. The Balaban J connectivity index is 1.55. The molecule has 1 unspecified atom stereocenters. The van der Waals surface area contributed by atoms with E-state index >= 15 is 0 Å². The summed E-state index contributed by atoms with van der Waals surface area (Å²) in [5.74, 6) is 1.36. The summed E-state index contributed by atoms with van der Waals surface area (Å²) in [6, 6.07) is 23.2. The van der Waals surface area contributed by atoms with Gasteiger partial charge in [-0.1, -0.05) is 42.5 Å². The molecule has 1 fully saturated rings. The molecule has 10 heteroatoms. The summed E-state index contributed by atoms with van der Waals surface area (Å²) in [6.07, 6.45) is 5.55. The summed E-state index contributed by atoms with van der Waals surface area (Å²) < 4.78 is 12.7. The van der Waals surface area contributed by atoms with Gasteiger partial charge < -0.3 is 19.7 Å². The van der Waals surface area contributed by atoms with Crippen molar-refractivity contribution >= 4 is 34.9 Å². The Hall–Kier alpha value is -5.56. The zero-order valence-electron chi connectivity index (χ0n) is 25.9. The van der Waals surface area contributed by atoms with Crippen LogP contribution in [0.15, 0.2) is 96.6 Å². The van der Waals surface area contributed by atoms with Crippen LogP contribution in [0.2, 0.25) is 0 Å². The first-order valence-electron chi connectivity index (χ1n) is 14.9. The fourth-order valence-electron chi connectivity index (χ4n) is 5.22. The monoisotopic (exact) mass is 604 g/mol. The molecular formula is C35H36N6O4. The maximum Gasteiger partial charge on any atom is 0.425 e. The second-order valence-electron chi connectivity index (χ2n) is 10.7. The Morgan fingerprint density at radius 2 is 1.69 bits per heavy atom. The molecule has 10 nitrogen and oxygen atoms in total. The quantitative estimate of drug-likeness (QED) is 0.213. The average molecular weight is 605 g/mol. The van der Waals surface area contributed by atoms with Crippen LogP contribution < -0.4 is 10.2 Å². The van der Waals surface area contributed by atoms with Gasteiger partial charge in [0, 0.05) is 25.2 Å². The van der Waals surface area contributed by atoms with Crippen LogP contribution in [0.5, 0.6) is 0 Å². The van der Waals surface area contributed by atoms with Crippen molar-refractivity contribution in [2.45, 2.75) is 46.6 Å². The number of carbonyl (C=O) groups is 2. The van der Waals surface area contributed by atoms with E-state index in [-0.39, 0.29) is 6.04 Å². The molecule has 1 aliphatic rings. The van der Waals surface area contributed by atoms with Gasteiger partial charge in [-0.25, -0.2) is 19.0 Å². The molecule has 4 aromatic rings. The lowest BCUT2D eigenvalue weighted by Gasteiger charge is -2.33. The fraction of sp³-hybridized carbons (Fsp3) is 0.257. The number of piperidine rings is 1. The van der Waals surface area contributed by atoms with Gasteiger partial charge in [0.15, 0.2) is 0 Å². The number of nitrogens with zero attached hydrogens (tertiary/aromatic N) is 5. The second-order valence-corrected chi connectivity index (χ2v) is 10.7. The van der Waals surface area contributed by atoms with E-state index in [1.54, 1.807) is 60.7 Å². The highest BCUT2D eigenvalue weighted by Gasteiger charge is 2.29. The highest BCUT2D eigenvalue weighted by atomic mass is 16.6. The third-order valence-electron chi connectivity index (χ3n) is 7.76.